The van der Waals surface area contributed by atoms with Gasteiger partial charge in [0.1, 0.15) is 5.78 Å². The second kappa shape index (κ2) is 4.57. The number of aromatic nitrogens is 1. The number of rotatable bonds is 4. The maximum absolute atomic E-state index is 11.5. The van der Waals surface area contributed by atoms with E-state index in [4.69, 9.17) is 0 Å². The first-order valence-corrected chi connectivity index (χ1v) is 7.56. The summed E-state index contributed by atoms with van der Waals surface area (Å²) in [6.07, 6.45) is 4.12. The molecule has 0 aliphatic rings. The van der Waals surface area contributed by atoms with E-state index < -0.39 is 9.84 Å². The minimum absolute atomic E-state index is 0.128. The van der Waals surface area contributed by atoms with Crippen molar-refractivity contribution in [1.82, 2.24) is 4.98 Å². The molecule has 2 aromatic rings. The van der Waals surface area contributed by atoms with E-state index in [1.807, 2.05) is 6.20 Å². The van der Waals surface area contributed by atoms with Crippen LogP contribution in [0.4, 0.5) is 0 Å². The Morgan fingerprint density at radius 2 is 2.06 bits per heavy atom. The third-order valence-electron chi connectivity index (χ3n) is 2.91. The predicted molar refractivity (Wildman–Crippen MR) is 70.4 cm³/mol. The van der Waals surface area contributed by atoms with E-state index in [-0.39, 0.29) is 5.78 Å². The molecule has 18 heavy (non-hydrogen) atoms. The maximum Gasteiger partial charge on any atom is 0.175 e. The van der Waals surface area contributed by atoms with Crippen molar-refractivity contribution in [2.24, 2.45) is 0 Å². The lowest BCUT2D eigenvalue weighted by molar-refractivity contribution is -0.116. The average Bonchev–Trinajstić information content (AvgIpc) is 2.67. The molecule has 0 radical (unpaired) electrons. The van der Waals surface area contributed by atoms with Crippen molar-refractivity contribution in [2.45, 2.75) is 24.7 Å². The molecule has 1 heterocycles. The number of aromatic amines is 1. The Labute approximate surface area is 106 Å². The van der Waals surface area contributed by atoms with Crippen LogP contribution in [0.1, 0.15) is 18.9 Å². The van der Waals surface area contributed by atoms with Gasteiger partial charge in [-0.3, -0.25) is 0 Å². The Bertz CT molecular complexity index is 698. The Morgan fingerprint density at radius 1 is 1.33 bits per heavy atom. The van der Waals surface area contributed by atoms with Crippen LogP contribution in [0.2, 0.25) is 0 Å². The molecule has 5 heteroatoms. The van der Waals surface area contributed by atoms with Crippen molar-refractivity contribution >= 4 is 26.5 Å². The number of carbonyl (C=O) groups excluding carboxylic acids is 1. The molecule has 0 saturated carbocycles. The molecule has 1 aromatic carbocycles. The molecular formula is C13H15NO3S. The minimum Gasteiger partial charge on any atom is -0.361 e. The summed E-state index contributed by atoms with van der Waals surface area (Å²) in [5.74, 6) is 0.128. The van der Waals surface area contributed by atoms with Crippen LogP contribution >= 0.6 is 0 Å². The molecule has 1 aromatic heterocycles. The fourth-order valence-electron chi connectivity index (χ4n) is 1.91. The summed E-state index contributed by atoms with van der Waals surface area (Å²) >= 11 is 0. The number of hydrogen-bond acceptors (Lipinski definition) is 3. The molecule has 0 spiro atoms. The lowest BCUT2D eigenvalue weighted by atomic mass is 10.1. The second-order valence-electron chi connectivity index (χ2n) is 4.50. The smallest absolute Gasteiger partial charge is 0.175 e. The average molecular weight is 265 g/mol. The molecule has 1 N–H and O–H groups in total. The number of benzene rings is 1. The van der Waals surface area contributed by atoms with Crippen LogP contribution in [0.25, 0.3) is 10.9 Å². The summed E-state index contributed by atoms with van der Waals surface area (Å²) in [5.41, 5.74) is 1.87. The van der Waals surface area contributed by atoms with Crippen LogP contribution in [0.5, 0.6) is 0 Å². The fourth-order valence-corrected chi connectivity index (χ4v) is 2.55. The first kappa shape index (κ1) is 12.8. The van der Waals surface area contributed by atoms with Gasteiger partial charge < -0.3 is 9.78 Å². The summed E-state index contributed by atoms with van der Waals surface area (Å²) < 4.78 is 23.0. The van der Waals surface area contributed by atoms with Crippen LogP contribution in [0.15, 0.2) is 29.3 Å². The third kappa shape index (κ3) is 2.61. The van der Waals surface area contributed by atoms with Gasteiger partial charge in [-0.05, 0) is 37.1 Å². The van der Waals surface area contributed by atoms with Crippen LogP contribution in [-0.2, 0) is 21.1 Å². The number of Topliss-reactive ketones (excluding diaryl/α,β-unsaturated/α-hetero) is 1. The summed E-state index contributed by atoms with van der Waals surface area (Å²) in [4.78, 5) is 14.4. The molecule has 96 valence electrons. The van der Waals surface area contributed by atoms with Crippen molar-refractivity contribution < 1.29 is 13.2 Å². The highest BCUT2D eigenvalue weighted by Gasteiger charge is 2.11. The van der Waals surface area contributed by atoms with E-state index in [0.717, 1.165) is 16.5 Å². The Kier molecular flexibility index (Phi) is 3.26. The zero-order valence-electron chi connectivity index (χ0n) is 10.4. The number of sulfone groups is 1. The zero-order chi connectivity index (χ0) is 13.3. The van der Waals surface area contributed by atoms with Crippen molar-refractivity contribution in [1.29, 1.82) is 0 Å². The van der Waals surface area contributed by atoms with Gasteiger partial charge in [0.2, 0.25) is 0 Å². The summed E-state index contributed by atoms with van der Waals surface area (Å²) in [7, 11) is -3.20. The normalized spacial score (nSPS) is 11.9. The minimum atomic E-state index is -3.20. The molecule has 2 rings (SSSR count). The number of ketones is 1. The summed E-state index contributed by atoms with van der Waals surface area (Å²) in [6.45, 7) is 1.55. The van der Waals surface area contributed by atoms with E-state index in [0.29, 0.717) is 17.7 Å². The highest BCUT2D eigenvalue weighted by atomic mass is 32.2. The zero-order valence-corrected chi connectivity index (χ0v) is 11.2. The van der Waals surface area contributed by atoms with Crippen LogP contribution < -0.4 is 0 Å². The van der Waals surface area contributed by atoms with E-state index in [2.05, 4.69) is 4.98 Å². The van der Waals surface area contributed by atoms with Gasteiger partial charge in [0, 0.05) is 29.8 Å². The first-order chi connectivity index (χ1) is 8.38. The topological polar surface area (TPSA) is 67.0 Å². The molecule has 0 bridgehead atoms. The van der Waals surface area contributed by atoms with Gasteiger partial charge in [-0.2, -0.15) is 0 Å². The number of fused-ring (bicyclic) bond motifs is 1. The van der Waals surface area contributed by atoms with Gasteiger partial charge in [-0.1, -0.05) is 0 Å². The van der Waals surface area contributed by atoms with Gasteiger partial charge in [0.05, 0.1) is 4.90 Å². The molecule has 0 unspecified atom stereocenters. The second-order valence-corrected chi connectivity index (χ2v) is 6.51. The van der Waals surface area contributed by atoms with Crippen molar-refractivity contribution in [3.63, 3.8) is 0 Å². The van der Waals surface area contributed by atoms with Crippen molar-refractivity contribution in [3.05, 3.63) is 30.0 Å². The summed E-state index contributed by atoms with van der Waals surface area (Å²) in [6, 6.07) is 5.00. The van der Waals surface area contributed by atoms with Crippen LogP contribution in [0.3, 0.4) is 0 Å². The molecular weight excluding hydrogens is 250 g/mol. The standard InChI is InChI=1S/C13H15NO3S/c1-9(15)3-4-10-8-14-13-6-5-11(7-12(10)13)18(2,16)17/h5-8,14H,3-4H2,1-2H3. The SMILES string of the molecule is CC(=O)CCc1c[nH]c2ccc(S(C)(=O)=O)cc12. The van der Waals surface area contributed by atoms with Gasteiger partial charge in [0.15, 0.2) is 9.84 Å². The highest BCUT2D eigenvalue weighted by Crippen LogP contribution is 2.23. The van der Waals surface area contributed by atoms with Crippen molar-refractivity contribution in [2.75, 3.05) is 6.26 Å². The van der Waals surface area contributed by atoms with E-state index in [1.54, 1.807) is 25.1 Å². The van der Waals surface area contributed by atoms with Crippen LogP contribution in [-0.4, -0.2) is 25.4 Å². The fraction of sp³-hybridized carbons (Fsp3) is 0.308. The number of nitrogens with one attached hydrogen (secondary N) is 1. The maximum atomic E-state index is 11.5. The number of H-pyrrole nitrogens is 1. The third-order valence-corrected chi connectivity index (χ3v) is 4.02. The molecule has 0 aliphatic heterocycles. The first-order valence-electron chi connectivity index (χ1n) is 5.67. The Balaban J connectivity index is 2.47. The Morgan fingerprint density at radius 3 is 2.67 bits per heavy atom. The van der Waals surface area contributed by atoms with E-state index in [9.17, 15) is 13.2 Å². The molecule has 4 nitrogen and oxygen atoms in total. The van der Waals surface area contributed by atoms with Crippen LogP contribution in [0, 0.1) is 0 Å². The van der Waals surface area contributed by atoms with Crippen molar-refractivity contribution in [3.8, 4) is 0 Å². The largest absolute Gasteiger partial charge is 0.361 e. The molecule has 0 saturated heterocycles. The van der Waals surface area contributed by atoms with Gasteiger partial charge in [-0.15, -0.1) is 0 Å². The molecule has 0 amide bonds. The number of hydrogen-bond donors (Lipinski definition) is 1. The van der Waals surface area contributed by atoms with E-state index >= 15 is 0 Å². The van der Waals surface area contributed by atoms with Gasteiger partial charge >= 0.3 is 0 Å². The number of aryl methyl sites for hydroxylation is 1. The quantitative estimate of drug-likeness (QED) is 0.920. The van der Waals surface area contributed by atoms with E-state index in [1.165, 1.54) is 6.26 Å². The highest BCUT2D eigenvalue weighted by molar-refractivity contribution is 7.90. The van der Waals surface area contributed by atoms with Gasteiger partial charge in [0.25, 0.3) is 0 Å². The predicted octanol–water partition coefficient (Wildman–Crippen LogP) is 2.09. The molecule has 0 atom stereocenters. The lowest BCUT2D eigenvalue weighted by Gasteiger charge is -2.00. The number of carbonyl (C=O) groups is 1. The Hall–Kier alpha value is -1.62. The molecule has 0 fully saturated rings. The molecule has 0 aliphatic carbocycles. The van der Waals surface area contributed by atoms with Gasteiger partial charge in [-0.25, -0.2) is 8.42 Å². The summed E-state index contributed by atoms with van der Waals surface area (Å²) in [5, 5.41) is 0.874. The lowest BCUT2D eigenvalue weighted by Crippen LogP contribution is -1.97. The monoisotopic (exact) mass is 265 g/mol.